The molecule has 0 radical (unpaired) electrons. The van der Waals surface area contributed by atoms with Crippen LogP contribution in [-0.4, -0.2) is 30.3 Å². The number of benzene rings is 3. The number of ether oxygens (including phenoxy) is 1. The number of amides is 3. The Morgan fingerprint density at radius 1 is 0.735 bits per heavy atom. The van der Waals surface area contributed by atoms with E-state index in [-0.39, 0.29) is 17.4 Å². The van der Waals surface area contributed by atoms with Gasteiger partial charge in [-0.2, -0.15) is 0 Å². The largest absolute Gasteiger partial charge is 0.452 e. The minimum atomic E-state index is -0.772. The van der Waals surface area contributed by atoms with E-state index in [9.17, 15) is 19.2 Å². The van der Waals surface area contributed by atoms with Gasteiger partial charge in [-0.3, -0.25) is 14.4 Å². The van der Waals surface area contributed by atoms with Gasteiger partial charge in [-0.15, -0.1) is 0 Å². The Labute approximate surface area is 197 Å². The zero-order valence-corrected chi connectivity index (χ0v) is 18.9. The molecule has 3 aromatic carbocycles. The van der Waals surface area contributed by atoms with Gasteiger partial charge >= 0.3 is 5.97 Å². The first-order valence-electron chi connectivity index (χ1n) is 10.6. The Balaban J connectivity index is 1.66. The molecular formula is C26H25N3O5. The van der Waals surface area contributed by atoms with Crippen molar-refractivity contribution in [2.45, 2.75) is 20.3 Å². The fraction of sp³-hybridized carbons (Fsp3) is 0.154. The molecule has 174 valence electrons. The first kappa shape index (κ1) is 24.2. The van der Waals surface area contributed by atoms with Gasteiger partial charge in [0, 0.05) is 30.9 Å². The third-order valence-corrected chi connectivity index (χ3v) is 4.67. The summed E-state index contributed by atoms with van der Waals surface area (Å²) in [6, 6.07) is 21.6. The van der Waals surface area contributed by atoms with Crippen molar-refractivity contribution in [1.82, 2.24) is 0 Å². The van der Waals surface area contributed by atoms with E-state index in [4.69, 9.17) is 4.74 Å². The summed E-state index contributed by atoms with van der Waals surface area (Å²) in [6.45, 7) is 2.14. The summed E-state index contributed by atoms with van der Waals surface area (Å²) in [6.07, 6.45) is 0.638. The van der Waals surface area contributed by atoms with E-state index >= 15 is 0 Å². The molecule has 0 aromatic heterocycles. The lowest BCUT2D eigenvalue weighted by Gasteiger charge is -2.12. The summed E-state index contributed by atoms with van der Waals surface area (Å²) in [7, 11) is 0. The minimum absolute atomic E-state index is 0.0762. The Bertz CT molecular complexity index is 1170. The van der Waals surface area contributed by atoms with Gasteiger partial charge in [0.25, 0.3) is 5.91 Å². The van der Waals surface area contributed by atoms with Gasteiger partial charge < -0.3 is 20.7 Å². The number of carbonyl (C=O) groups is 4. The number of rotatable bonds is 8. The van der Waals surface area contributed by atoms with Crippen LogP contribution in [0.2, 0.25) is 0 Å². The molecule has 0 bridgehead atoms. The summed E-state index contributed by atoms with van der Waals surface area (Å²) in [4.78, 5) is 47.8. The molecule has 0 fully saturated rings. The highest BCUT2D eigenvalue weighted by atomic mass is 16.5. The van der Waals surface area contributed by atoms with Crippen LogP contribution >= 0.6 is 0 Å². The van der Waals surface area contributed by atoms with Crippen LogP contribution in [0.1, 0.15) is 35.3 Å². The van der Waals surface area contributed by atoms with E-state index in [1.54, 1.807) is 6.07 Å². The van der Waals surface area contributed by atoms with Crippen LogP contribution in [0, 0.1) is 0 Å². The fourth-order valence-electron chi connectivity index (χ4n) is 3.31. The maximum absolute atomic E-state index is 12.6. The second-order valence-electron chi connectivity index (χ2n) is 7.61. The lowest BCUT2D eigenvalue weighted by Crippen LogP contribution is -2.22. The Kier molecular flexibility index (Phi) is 8.12. The lowest BCUT2D eigenvalue weighted by atomic mass is 10.0. The van der Waals surface area contributed by atoms with Gasteiger partial charge in [0.05, 0.1) is 5.56 Å². The van der Waals surface area contributed by atoms with E-state index in [0.29, 0.717) is 23.5 Å². The first-order chi connectivity index (χ1) is 16.3. The number of hydrogen-bond acceptors (Lipinski definition) is 5. The zero-order valence-electron chi connectivity index (χ0n) is 18.9. The summed E-state index contributed by atoms with van der Waals surface area (Å²) < 4.78 is 5.16. The molecule has 3 rings (SSSR count). The molecule has 0 aliphatic carbocycles. The first-order valence-corrected chi connectivity index (χ1v) is 10.6. The maximum Gasteiger partial charge on any atom is 0.338 e. The van der Waals surface area contributed by atoms with Crippen LogP contribution in [0.15, 0.2) is 72.8 Å². The van der Waals surface area contributed by atoms with Gasteiger partial charge in [0.15, 0.2) is 6.61 Å². The second kappa shape index (κ2) is 11.4. The van der Waals surface area contributed by atoms with Gasteiger partial charge in [-0.05, 0) is 41.8 Å². The Hall–Kier alpha value is -4.46. The fourth-order valence-corrected chi connectivity index (χ4v) is 3.31. The second-order valence-corrected chi connectivity index (χ2v) is 7.61. The lowest BCUT2D eigenvalue weighted by molar-refractivity contribution is -0.119. The molecule has 3 N–H and O–H groups in total. The highest BCUT2D eigenvalue weighted by Gasteiger charge is 2.15. The van der Waals surface area contributed by atoms with Crippen LogP contribution in [-0.2, 0) is 25.5 Å². The van der Waals surface area contributed by atoms with E-state index in [0.717, 1.165) is 11.1 Å². The molecule has 0 aliphatic rings. The quantitative estimate of drug-likeness (QED) is 0.441. The van der Waals surface area contributed by atoms with Crippen molar-refractivity contribution in [3.63, 3.8) is 0 Å². The normalized spacial score (nSPS) is 10.2. The molecule has 34 heavy (non-hydrogen) atoms. The van der Waals surface area contributed by atoms with Crippen molar-refractivity contribution in [3.05, 3.63) is 89.5 Å². The molecule has 8 nitrogen and oxygen atoms in total. The van der Waals surface area contributed by atoms with Crippen molar-refractivity contribution in [1.29, 1.82) is 0 Å². The number of para-hydroxylation sites is 1. The molecule has 3 aromatic rings. The molecule has 0 saturated carbocycles. The van der Waals surface area contributed by atoms with Gasteiger partial charge in [0.1, 0.15) is 0 Å². The summed E-state index contributed by atoms with van der Waals surface area (Å²) in [5.41, 5.74) is 3.36. The number of nitrogens with one attached hydrogen (secondary N) is 3. The van der Waals surface area contributed by atoms with Gasteiger partial charge in [-0.1, -0.05) is 48.5 Å². The zero-order chi connectivity index (χ0) is 24.5. The predicted molar refractivity (Wildman–Crippen MR) is 130 cm³/mol. The topological polar surface area (TPSA) is 114 Å². The highest BCUT2D eigenvalue weighted by Crippen LogP contribution is 2.21. The number of esters is 1. The van der Waals surface area contributed by atoms with Gasteiger partial charge in [0.2, 0.25) is 11.8 Å². The van der Waals surface area contributed by atoms with Crippen molar-refractivity contribution >= 4 is 40.8 Å². The van der Waals surface area contributed by atoms with E-state index < -0.39 is 18.5 Å². The summed E-state index contributed by atoms with van der Waals surface area (Å²) in [5.74, 6) is -1.94. The highest BCUT2D eigenvalue weighted by molar-refractivity contribution is 5.99. The number of hydrogen-bond donors (Lipinski definition) is 3. The molecule has 0 spiro atoms. The van der Waals surface area contributed by atoms with Crippen LogP contribution in [0.3, 0.4) is 0 Å². The van der Waals surface area contributed by atoms with Crippen LogP contribution in [0.5, 0.6) is 0 Å². The van der Waals surface area contributed by atoms with Crippen molar-refractivity contribution < 1.29 is 23.9 Å². The SMILES string of the molecule is CC(=O)Nc1cc(NC(C)=O)cc(C(=O)OCC(=O)Nc2ccccc2Cc2ccccc2)c1. The molecule has 0 aliphatic heterocycles. The smallest absolute Gasteiger partial charge is 0.338 e. The number of carbonyl (C=O) groups excluding carboxylic acids is 4. The molecule has 8 heteroatoms. The Morgan fingerprint density at radius 2 is 1.32 bits per heavy atom. The third kappa shape index (κ3) is 7.30. The standard InChI is InChI=1S/C26H25N3O5/c1-17(30)27-22-13-21(14-23(15-22)28-18(2)31)26(33)34-16-25(32)29-24-11-7-6-10-20(24)12-19-8-4-3-5-9-19/h3-11,13-15H,12,16H2,1-2H3,(H,27,30)(H,28,31)(H,29,32). The van der Waals surface area contributed by atoms with Crippen molar-refractivity contribution in [2.24, 2.45) is 0 Å². The third-order valence-electron chi connectivity index (χ3n) is 4.67. The average molecular weight is 460 g/mol. The van der Waals surface area contributed by atoms with E-state index in [1.807, 2.05) is 48.5 Å². The van der Waals surface area contributed by atoms with Gasteiger partial charge in [-0.25, -0.2) is 4.79 Å². The molecule has 0 saturated heterocycles. The summed E-state index contributed by atoms with van der Waals surface area (Å²) in [5, 5.41) is 7.90. The van der Waals surface area contributed by atoms with Crippen LogP contribution < -0.4 is 16.0 Å². The average Bonchev–Trinajstić information content (AvgIpc) is 2.78. The van der Waals surface area contributed by atoms with E-state index in [2.05, 4.69) is 16.0 Å². The maximum atomic E-state index is 12.6. The minimum Gasteiger partial charge on any atom is -0.452 e. The van der Waals surface area contributed by atoms with Crippen LogP contribution in [0.25, 0.3) is 0 Å². The molecular weight excluding hydrogens is 434 g/mol. The molecule has 0 heterocycles. The summed E-state index contributed by atoms with van der Waals surface area (Å²) >= 11 is 0. The van der Waals surface area contributed by atoms with Crippen LogP contribution in [0.4, 0.5) is 17.1 Å². The molecule has 0 unspecified atom stereocenters. The van der Waals surface area contributed by atoms with Crippen molar-refractivity contribution in [3.8, 4) is 0 Å². The number of anilines is 3. The molecule has 0 atom stereocenters. The van der Waals surface area contributed by atoms with Crippen molar-refractivity contribution in [2.75, 3.05) is 22.6 Å². The Morgan fingerprint density at radius 3 is 1.94 bits per heavy atom. The monoisotopic (exact) mass is 459 g/mol. The molecule has 3 amide bonds. The predicted octanol–water partition coefficient (Wildman–Crippen LogP) is 3.99. The van der Waals surface area contributed by atoms with E-state index in [1.165, 1.54) is 32.0 Å².